The Labute approximate surface area is 110 Å². The van der Waals surface area contributed by atoms with Crippen LogP contribution in [-0.4, -0.2) is 11.0 Å². The number of hydrogen-bond donors (Lipinski definition) is 0. The van der Waals surface area contributed by atoms with E-state index in [4.69, 9.17) is 4.74 Å². The van der Waals surface area contributed by atoms with Crippen molar-refractivity contribution in [2.75, 3.05) is 0 Å². The molecule has 1 fully saturated rings. The molecule has 0 radical (unpaired) electrons. The molecule has 1 heterocycles. The van der Waals surface area contributed by atoms with Gasteiger partial charge >= 0.3 is 0 Å². The standard InChI is InChI=1S/C15H13NO3/c17-16(18)13-8-6-12(7-9-13)15-14(19-15)10-11-4-2-1-3-5-11/h1-9,14-15H,10H2/t14-,15+/m0/s1/i19+2. The summed E-state index contributed by atoms with van der Waals surface area (Å²) in [6.07, 6.45) is 1.13. The van der Waals surface area contributed by atoms with Gasteiger partial charge in [0.2, 0.25) is 0 Å². The number of ether oxygens (including phenoxy) is 1. The Balaban J connectivity index is 1.65. The highest BCUT2D eigenvalue weighted by atomic mass is 18.4. The number of nitrogens with zero attached hydrogens (tertiary/aromatic N) is 1. The van der Waals surface area contributed by atoms with Gasteiger partial charge in [0.15, 0.2) is 0 Å². The number of hydrogen-bond acceptors (Lipinski definition) is 3. The molecule has 0 spiro atoms. The van der Waals surface area contributed by atoms with Crippen molar-refractivity contribution in [2.45, 2.75) is 18.6 Å². The molecule has 1 aliphatic rings. The minimum absolute atomic E-state index is 0.0704. The molecule has 0 N–H and O–H groups in total. The first kappa shape index (κ1) is 11.9. The van der Waals surface area contributed by atoms with Crippen molar-refractivity contribution in [2.24, 2.45) is 0 Å². The lowest BCUT2D eigenvalue weighted by Crippen LogP contribution is -1.95. The van der Waals surface area contributed by atoms with Gasteiger partial charge < -0.3 is 4.74 Å². The Kier molecular flexibility index (Phi) is 3.01. The Morgan fingerprint density at radius 1 is 1.05 bits per heavy atom. The molecule has 4 heteroatoms. The van der Waals surface area contributed by atoms with Gasteiger partial charge in [0.05, 0.1) is 11.0 Å². The van der Waals surface area contributed by atoms with Crippen molar-refractivity contribution < 1.29 is 9.66 Å². The zero-order valence-corrected chi connectivity index (χ0v) is 10.2. The lowest BCUT2D eigenvalue weighted by atomic mass is 10.0. The first-order valence-electron chi connectivity index (χ1n) is 6.18. The third kappa shape index (κ3) is 2.63. The van der Waals surface area contributed by atoms with Crippen LogP contribution < -0.4 is 0 Å². The Morgan fingerprint density at radius 2 is 1.74 bits per heavy atom. The highest BCUT2D eigenvalue weighted by Gasteiger charge is 2.39. The minimum Gasteiger partial charge on any atom is -0.364 e. The minimum atomic E-state index is -0.390. The van der Waals surface area contributed by atoms with E-state index in [0.717, 1.165) is 12.0 Å². The third-order valence-electron chi connectivity index (χ3n) is 3.29. The first-order chi connectivity index (χ1) is 9.24. The molecule has 0 aromatic heterocycles. The normalized spacial score (nSPS) is 21.1. The number of nitro groups is 1. The fraction of sp³-hybridized carbons (Fsp3) is 0.200. The molecule has 0 saturated carbocycles. The first-order valence-corrected chi connectivity index (χ1v) is 6.18. The molecule has 4 nitrogen and oxygen atoms in total. The van der Waals surface area contributed by atoms with E-state index in [-0.39, 0.29) is 22.8 Å². The fourth-order valence-corrected chi connectivity index (χ4v) is 2.22. The molecule has 2 aromatic rings. The fourth-order valence-electron chi connectivity index (χ4n) is 2.22. The van der Waals surface area contributed by atoms with Crippen molar-refractivity contribution in [3.63, 3.8) is 0 Å². The molecule has 0 aliphatic carbocycles. The summed E-state index contributed by atoms with van der Waals surface area (Å²) in [5, 5.41) is 10.6. The predicted octanol–water partition coefficient (Wildman–Crippen LogP) is 3.28. The van der Waals surface area contributed by atoms with Gasteiger partial charge in [-0.2, -0.15) is 0 Å². The van der Waals surface area contributed by atoms with Gasteiger partial charge in [-0.15, -0.1) is 0 Å². The van der Waals surface area contributed by atoms with Crippen molar-refractivity contribution >= 4 is 5.69 Å². The van der Waals surface area contributed by atoms with E-state index in [1.807, 2.05) is 18.2 Å². The molecule has 96 valence electrons. The second-order valence-electron chi connectivity index (χ2n) is 4.63. The van der Waals surface area contributed by atoms with E-state index in [0.29, 0.717) is 0 Å². The molecule has 0 unspecified atom stereocenters. The van der Waals surface area contributed by atoms with E-state index in [1.54, 1.807) is 12.1 Å². The van der Waals surface area contributed by atoms with Gasteiger partial charge in [0.1, 0.15) is 6.10 Å². The lowest BCUT2D eigenvalue weighted by molar-refractivity contribution is -0.384. The van der Waals surface area contributed by atoms with Crippen LogP contribution in [0.4, 0.5) is 5.69 Å². The van der Waals surface area contributed by atoms with Gasteiger partial charge in [0, 0.05) is 18.6 Å². The SMILES string of the molecule is O=[N+]([O-])c1ccc([C@H]2[18O][C@H]2Cc2ccccc2)cc1. The van der Waals surface area contributed by atoms with Gasteiger partial charge in [-0.25, -0.2) is 0 Å². The van der Waals surface area contributed by atoms with Crippen molar-refractivity contribution in [1.29, 1.82) is 0 Å². The molecular weight excluding hydrogens is 244 g/mol. The number of non-ortho nitro benzene ring substituents is 1. The average molecular weight is 257 g/mol. The summed E-state index contributed by atoms with van der Waals surface area (Å²) < 4.78 is 5.64. The van der Waals surface area contributed by atoms with Crippen molar-refractivity contribution in [3.05, 3.63) is 75.8 Å². The molecule has 1 saturated heterocycles. The summed E-state index contributed by atoms with van der Waals surface area (Å²) in [5.74, 6) is 0. The smallest absolute Gasteiger partial charge is 0.269 e. The van der Waals surface area contributed by atoms with Crippen LogP contribution in [0.2, 0.25) is 0 Å². The maximum atomic E-state index is 10.6. The highest BCUT2D eigenvalue weighted by Crippen LogP contribution is 2.40. The van der Waals surface area contributed by atoms with E-state index in [1.165, 1.54) is 17.7 Å². The molecule has 0 amide bonds. The molecule has 1 aliphatic heterocycles. The number of benzene rings is 2. The van der Waals surface area contributed by atoms with Crippen LogP contribution in [0.3, 0.4) is 0 Å². The van der Waals surface area contributed by atoms with Gasteiger partial charge in [-0.1, -0.05) is 30.3 Å². The van der Waals surface area contributed by atoms with Crippen LogP contribution in [-0.2, 0) is 11.2 Å². The van der Waals surface area contributed by atoms with E-state index in [2.05, 4.69) is 12.1 Å². The summed E-state index contributed by atoms with van der Waals surface area (Å²) in [4.78, 5) is 10.2. The second kappa shape index (κ2) is 4.82. The molecule has 0 bridgehead atoms. The van der Waals surface area contributed by atoms with Crippen LogP contribution in [0.5, 0.6) is 0 Å². The molecule has 19 heavy (non-hydrogen) atoms. The summed E-state index contributed by atoms with van der Waals surface area (Å²) in [7, 11) is 0. The zero-order valence-electron chi connectivity index (χ0n) is 10.2. The largest absolute Gasteiger partial charge is 0.364 e. The maximum Gasteiger partial charge on any atom is 0.269 e. The van der Waals surface area contributed by atoms with Crippen LogP contribution in [0, 0.1) is 10.1 Å². The predicted molar refractivity (Wildman–Crippen MR) is 70.9 cm³/mol. The maximum absolute atomic E-state index is 10.6. The van der Waals surface area contributed by atoms with Gasteiger partial charge in [0.25, 0.3) is 5.69 Å². The van der Waals surface area contributed by atoms with E-state index in [9.17, 15) is 10.1 Å². The van der Waals surface area contributed by atoms with Crippen molar-refractivity contribution in [1.82, 2.24) is 0 Å². The quantitative estimate of drug-likeness (QED) is 0.365. The Hall–Kier alpha value is -2.20. The summed E-state index contributed by atoms with van der Waals surface area (Å²) in [6, 6.07) is 16.8. The monoisotopic (exact) mass is 257 g/mol. The zero-order chi connectivity index (χ0) is 13.2. The van der Waals surface area contributed by atoms with Crippen LogP contribution in [0.1, 0.15) is 17.2 Å². The number of rotatable bonds is 4. The van der Waals surface area contributed by atoms with Crippen LogP contribution in [0.15, 0.2) is 54.6 Å². The second-order valence-corrected chi connectivity index (χ2v) is 4.63. The number of epoxide rings is 1. The highest BCUT2D eigenvalue weighted by molar-refractivity contribution is 5.35. The van der Waals surface area contributed by atoms with Gasteiger partial charge in [-0.05, 0) is 23.3 Å². The van der Waals surface area contributed by atoms with Crippen LogP contribution >= 0.6 is 0 Å². The summed E-state index contributed by atoms with van der Waals surface area (Å²) in [6.45, 7) is 0. The van der Waals surface area contributed by atoms with Crippen molar-refractivity contribution in [3.8, 4) is 0 Å². The molecule has 3 rings (SSSR count). The molecular formula is C15H13NO3. The third-order valence-corrected chi connectivity index (χ3v) is 3.29. The van der Waals surface area contributed by atoms with E-state index >= 15 is 0 Å². The average Bonchev–Trinajstić information content (AvgIpc) is 3.19. The Bertz CT molecular complexity index is 580. The Morgan fingerprint density at radius 3 is 2.37 bits per heavy atom. The summed E-state index contributed by atoms with van der Waals surface area (Å²) in [5.41, 5.74) is 2.37. The van der Waals surface area contributed by atoms with E-state index < -0.39 is 0 Å². The molecule has 2 aromatic carbocycles. The van der Waals surface area contributed by atoms with Crippen LogP contribution in [0.25, 0.3) is 0 Å². The summed E-state index contributed by atoms with van der Waals surface area (Å²) >= 11 is 0. The van der Waals surface area contributed by atoms with Gasteiger partial charge in [-0.3, -0.25) is 10.1 Å². The lowest BCUT2D eigenvalue weighted by Gasteiger charge is -1.98. The topological polar surface area (TPSA) is 55.7 Å². The number of nitro benzene ring substituents is 1. The molecule has 2 atom stereocenters.